The van der Waals surface area contributed by atoms with Crippen molar-refractivity contribution in [2.24, 2.45) is 0 Å². The van der Waals surface area contributed by atoms with E-state index in [-0.39, 0.29) is 5.41 Å². The summed E-state index contributed by atoms with van der Waals surface area (Å²) < 4.78 is 10.7. The predicted molar refractivity (Wildman–Crippen MR) is 79.0 cm³/mol. The number of ether oxygens (including phenoxy) is 1. The number of hydrogen-bond acceptors (Lipinski definition) is 5. The van der Waals surface area contributed by atoms with Gasteiger partial charge in [-0.1, -0.05) is 25.9 Å². The molecule has 2 aromatic rings. The first-order chi connectivity index (χ1) is 10.0. The lowest BCUT2D eigenvalue weighted by Crippen LogP contribution is -2.15. The van der Waals surface area contributed by atoms with Gasteiger partial charge in [-0.05, 0) is 25.0 Å². The summed E-state index contributed by atoms with van der Waals surface area (Å²) in [7, 11) is 0. The van der Waals surface area contributed by atoms with E-state index in [2.05, 4.69) is 35.9 Å². The Morgan fingerprint density at radius 3 is 2.52 bits per heavy atom. The van der Waals surface area contributed by atoms with Gasteiger partial charge in [0.25, 0.3) is 5.89 Å². The van der Waals surface area contributed by atoms with Gasteiger partial charge < -0.3 is 9.26 Å². The zero-order chi connectivity index (χ0) is 14.9. The first-order valence-corrected chi connectivity index (χ1v) is 7.42. The van der Waals surface area contributed by atoms with Crippen molar-refractivity contribution < 1.29 is 9.26 Å². The van der Waals surface area contributed by atoms with Gasteiger partial charge in [-0.15, -0.1) is 0 Å². The molecule has 0 aromatic carbocycles. The summed E-state index contributed by atoms with van der Waals surface area (Å²) >= 11 is 0. The molecule has 0 unspecified atom stereocenters. The molecule has 1 aliphatic rings. The highest BCUT2D eigenvalue weighted by Crippen LogP contribution is 2.27. The lowest BCUT2D eigenvalue weighted by molar-refractivity contribution is 0.0830. The lowest BCUT2D eigenvalue weighted by atomic mass is 9.91. The van der Waals surface area contributed by atoms with Crippen LogP contribution in [0.1, 0.15) is 51.0 Å². The van der Waals surface area contributed by atoms with E-state index in [1.165, 1.54) is 0 Å². The number of rotatable bonds is 2. The van der Waals surface area contributed by atoms with Crippen molar-refractivity contribution in [1.82, 2.24) is 15.1 Å². The second-order valence-electron chi connectivity index (χ2n) is 6.53. The molecule has 0 N–H and O–H groups in total. The van der Waals surface area contributed by atoms with Crippen molar-refractivity contribution >= 4 is 0 Å². The van der Waals surface area contributed by atoms with Crippen LogP contribution in [0.25, 0.3) is 11.5 Å². The molecule has 21 heavy (non-hydrogen) atoms. The third kappa shape index (κ3) is 3.13. The van der Waals surface area contributed by atoms with Gasteiger partial charge in [0.05, 0.1) is 5.56 Å². The van der Waals surface area contributed by atoms with E-state index in [1.807, 2.05) is 18.3 Å². The summed E-state index contributed by atoms with van der Waals surface area (Å²) in [6.45, 7) is 7.98. The average molecular weight is 287 g/mol. The Hall–Kier alpha value is -1.75. The molecule has 1 fully saturated rings. The van der Waals surface area contributed by atoms with Crippen LogP contribution in [0.5, 0.6) is 0 Å². The number of hydrogen-bond donors (Lipinski definition) is 0. The van der Waals surface area contributed by atoms with Gasteiger partial charge in [0.15, 0.2) is 5.82 Å². The standard InChI is InChI=1S/C16H21N3O2/c1-16(2,3)13-5-4-12(10-17-13)15-18-14(19-21-15)11-6-8-20-9-7-11/h4-5,10-11H,6-9H2,1-3H3. The Labute approximate surface area is 124 Å². The van der Waals surface area contributed by atoms with E-state index in [0.717, 1.165) is 43.1 Å². The van der Waals surface area contributed by atoms with E-state index in [4.69, 9.17) is 9.26 Å². The van der Waals surface area contributed by atoms with Crippen LogP contribution in [0.3, 0.4) is 0 Å². The molecule has 112 valence electrons. The fourth-order valence-electron chi connectivity index (χ4n) is 2.44. The molecular formula is C16H21N3O2. The van der Waals surface area contributed by atoms with E-state index in [9.17, 15) is 0 Å². The summed E-state index contributed by atoms with van der Waals surface area (Å²) in [5, 5.41) is 4.12. The second kappa shape index (κ2) is 5.56. The average Bonchev–Trinajstić information content (AvgIpc) is 2.97. The summed E-state index contributed by atoms with van der Waals surface area (Å²) in [5.74, 6) is 1.68. The Kier molecular flexibility index (Phi) is 3.76. The van der Waals surface area contributed by atoms with E-state index in [0.29, 0.717) is 11.8 Å². The monoisotopic (exact) mass is 287 g/mol. The maximum Gasteiger partial charge on any atom is 0.259 e. The molecule has 0 saturated carbocycles. The Bertz CT molecular complexity index is 593. The fraction of sp³-hybridized carbons (Fsp3) is 0.562. The van der Waals surface area contributed by atoms with Crippen molar-refractivity contribution in [2.75, 3.05) is 13.2 Å². The predicted octanol–water partition coefficient (Wildman–Crippen LogP) is 3.32. The van der Waals surface area contributed by atoms with Crippen LogP contribution in [0, 0.1) is 0 Å². The van der Waals surface area contributed by atoms with Crippen LogP contribution < -0.4 is 0 Å². The summed E-state index contributed by atoms with van der Waals surface area (Å²) in [6, 6.07) is 4.02. The smallest absolute Gasteiger partial charge is 0.259 e. The summed E-state index contributed by atoms with van der Waals surface area (Å²) in [6.07, 6.45) is 3.72. The molecule has 5 nitrogen and oxygen atoms in total. The van der Waals surface area contributed by atoms with Crippen LogP contribution in [0.4, 0.5) is 0 Å². The van der Waals surface area contributed by atoms with Gasteiger partial charge in [0.1, 0.15) is 0 Å². The number of aromatic nitrogens is 3. The summed E-state index contributed by atoms with van der Waals surface area (Å²) in [5.41, 5.74) is 1.96. The van der Waals surface area contributed by atoms with E-state index < -0.39 is 0 Å². The van der Waals surface area contributed by atoms with Crippen molar-refractivity contribution in [2.45, 2.75) is 44.9 Å². The SMILES string of the molecule is CC(C)(C)c1ccc(-c2nc(C3CCOCC3)no2)cn1. The molecule has 1 aliphatic heterocycles. The van der Waals surface area contributed by atoms with Crippen LogP contribution >= 0.6 is 0 Å². The fourth-order valence-corrected chi connectivity index (χ4v) is 2.44. The molecule has 0 bridgehead atoms. The highest BCUT2D eigenvalue weighted by Gasteiger charge is 2.22. The zero-order valence-electron chi connectivity index (χ0n) is 12.8. The maximum atomic E-state index is 5.39. The first-order valence-electron chi connectivity index (χ1n) is 7.42. The molecule has 0 atom stereocenters. The summed E-state index contributed by atoms with van der Waals surface area (Å²) in [4.78, 5) is 9.02. The third-order valence-electron chi connectivity index (χ3n) is 3.81. The largest absolute Gasteiger partial charge is 0.381 e. The van der Waals surface area contributed by atoms with Crippen molar-refractivity contribution in [3.05, 3.63) is 29.8 Å². The van der Waals surface area contributed by atoms with Gasteiger partial charge in [0.2, 0.25) is 0 Å². The minimum Gasteiger partial charge on any atom is -0.381 e. The van der Waals surface area contributed by atoms with Gasteiger partial charge >= 0.3 is 0 Å². The Morgan fingerprint density at radius 2 is 1.90 bits per heavy atom. The van der Waals surface area contributed by atoms with Crippen LogP contribution in [0.15, 0.2) is 22.9 Å². The molecule has 5 heteroatoms. The molecule has 3 rings (SSSR count). The van der Waals surface area contributed by atoms with E-state index >= 15 is 0 Å². The van der Waals surface area contributed by atoms with Crippen LogP contribution in [-0.4, -0.2) is 28.3 Å². The van der Waals surface area contributed by atoms with Gasteiger partial charge in [-0.3, -0.25) is 4.98 Å². The molecule has 0 aliphatic carbocycles. The van der Waals surface area contributed by atoms with Gasteiger partial charge in [-0.2, -0.15) is 4.98 Å². The lowest BCUT2D eigenvalue weighted by Gasteiger charge is -2.18. The first kappa shape index (κ1) is 14.2. The minimum atomic E-state index is 0.0423. The van der Waals surface area contributed by atoms with Crippen LogP contribution in [-0.2, 0) is 10.2 Å². The van der Waals surface area contributed by atoms with Gasteiger partial charge in [0, 0.05) is 36.4 Å². The van der Waals surface area contributed by atoms with E-state index in [1.54, 1.807) is 0 Å². The number of nitrogens with zero attached hydrogens (tertiary/aromatic N) is 3. The topological polar surface area (TPSA) is 61.0 Å². The normalized spacial score (nSPS) is 17.1. The minimum absolute atomic E-state index is 0.0423. The highest BCUT2D eigenvalue weighted by atomic mass is 16.5. The van der Waals surface area contributed by atoms with Gasteiger partial charge in [-0.25, -0.2) is 0 Å². The molecule has 0 amide bonds. The quantitative estimate of drug-likeness (QED) is 0.848. The van der Waals surface area contributed by atoms with Crippen molar-refractivity contribution in [1.29, 1.82) is 0 Å². The second-order valence-corrected chi connectivity index (χ2v) is 6.53. The third-order valence-corrected chi connectivity index (χ3v) is 3.81. The Balaban J connectivity index is 1.79. The molecule has 0 radical (unpaired) electrons. The molecule has 1 saturated heterocycles. The molecule has 2 aromatic heterocycles. The molecule has 0 spiro atoms. The zero-order valence-corrected chi connectivity index (χ0v) is 12.8. The van der Waals surface area contributed by atoms with Crippen LogP contribution in [0.2, 0.25) is 0 Å². The van der Waals surface area contributed by atoms with Crippen molar-refractivity contribution in [3.8, 4) is 11.5 Å². The maximum absolute atomic E-state index is 5.39. The molecular weight excluding hydrogens is 266 g/mol. The van der Waals surface area contributed by atoms with Crippen molar-refractivity contribution in [3.63, 3.8) is 0 Å². The Morgan fingerprint density at radius 1 is 1.14 bits per heavy atom. The highest BCUT2D eigenvalue weighted by molar-refractivity contribution is 5.51. The molecule has 3 heterocycles. The number of pyridine rings is 1.